The molecule has 1 aromatic heterocycles. The van der Waals surface area contributed by atoms with Crippen LogP contribution in [0.2, 0.25) is 0 Å². The van der Waals surface area contributed by atoms with Crippen LogP contribution < -0.4 is 10.5 Å². The van der Waals surface area contributed by atoms with Crippen LogP contribution in [0.5, 0.6) is 5.75 Å². The summed E-state index contributed by atoms with van der Waals surface area (Å²) in [5.74, 6) is 1.06. The summed E-state index contributed by atoms with van der Waals surface area (Å²) in [4.78, 5) is 4.46. The van der Waals surface area contributed by atoms with E-state index in [9.17, 15) is 5.26 Å². The van der Waals surface area contributed by atoms with Gasteiger partial charge in [0.2, 0.25) is 0 Å². The summed E-state index contributed by atoms with van der Waals surface area (Å²) in [6, 6.07) is 16.2. The zero-order valence-electron chi connectivity index (χ0n) is 17.0. The van der Waals surface area contributed by atoms with E-state index in [4.69, 9.17) is 10.5 Å². The average Bonchev–Trinajstić information content (AvgIpc) is 2.64. The molecule has 0 aliphatic heterocycles. The molecule has 0 spiro atoms. The molecule has 3 rings (SSSR count). The number of pyridine rings is 1. The summed E-state index contributed by atoms with van der Waals surface area (Å²) in [6.45, 7) is 8.69. The highest BCUT2D eigenvalue weighted by atomic mass is 16.5. The number of aromatic nitrogens is 1. The first-order valence-electron chi connectivity index (χ1n) is 9.61. The molecule has 4 nitrogen and oxygen atoms in total. The van der Waals surface area contributed by atoms with E-state index in [1.165, 1.54) is 5.56 Å². The zero-order chi connectivity index (χ0) is 20.3. The normalized spacial score (nSPS) is 13.3. The molecule has 0 aliphatic carbocycles. The second-order valence-corrected chi connectivity index (χ2v) is 8.24. The van der Waals surface area contributed by atoms with Crippen LogP contribution in [0.25, 0.3) is 22.0 Å². The molecule has 1 atom stereocenters. The van der Waals surface area contributed by atoms with Gasteiger partial charge in [-0.15, -0.1) is 0 Å². The molecule has 0 saturated carbocycles. The Morgan fingerprint density at radius 1 is 1.18 bits per heavy atom. The van der Waals surface area contributed by atoms with Crippen molar-refractivity contribution in [1.82, 2.24) is 4.98 Å². The summed E-state index contributed by atoms with van der Waals surface area (Å²) in [6.07, 6.45) is 2.66. The van der Waals surface area contributed by atoms with Crippen LogP contribution in [-0.4, -0.2) is 17.1 Å². The van der Waals surface area contributed by atoms with Gasteiger partial charge < -0.3 is 10.5 Å². The molecule has 0 radical (unpaired) electrons. The zero-order valence-corrected chi connectivity index (χ0v) is 17.0. The number of nitriles is 1. The van der Waals surface area contributed by atoms with Crippen LogP contribution in [0.15, 0.2) is 48.7 Å². The van der Waals surface area contributed by atoms with Crippen molar-refractivity contribution in [1.29, 1.82) is 5.26 Å². The van der Waals surface area contributed by atoms with Crippen molar-refractivity contribution in [2.24, 2.45) is 11.7 Å². The lowest BCUT2D eigenvalue weighted by molar-refractivity contribution is 0.206. The molecule has 2 N–H and O–H groups in total. The smallest absolute Gasteiger partial charge is 0.137 e. The van der Waals surface area contributed by atoms with Crippen LogP contribution >= 0.6 is 0 Å². The number of fused-ring (bicyclic) bond motifs is 1. The number of rotatable bonds is 6. The van der Waals surface area contributed by atoms with Gasteiger partial charge in [-0.25, -0.2) is 0 Å². The maximum atomic E-state index is 9.64. The largest absolute Gasteiger partial charge is 0.490 e. The Bertz CT molecular complexity index is 1030. The Kier molecular flexibility index (Phi) is 5.67. The summed E-state index contributed by atoms with van der Waals surface area (Å²) in [5, 5.41) is 10.7. The maximum Gasteiger partial charge on any atom is 0.137 e. The highest BCUT2D eigenvalue weighted by molar-refractivity contribution is 5.94. The second-order valence-electron chi connectivity index (χ2n) is 8.24. The standard InChI is InChI=1S/C24H27N3O/c1-16(2)13-24(4,26)15-28-23-8-6-18(12-19(23)14-25)20-9-10-27-22-11-17(3)5-7-21(20)22/h5-12,16H,13,15,26H2,1-4H3/t24-/m0/s1. The minimum absolute atomic E-state index is 0.372. The van der Waals surface area contributed by atoms with Crippen molar-refractivity contribution in [3.05, 3.63) is 59.8 Å². The molecule has 0 saturated heterocycles. The predicted molar refractivity (Wildman–Crippen MR) is 114 cm³/mol. The Labute approximate surface area is 167 Å². The Morgan fingerprint density at radius 3 is 2.68 bits per heavy atom. The summed E-state index contributed by atoms with van der Waals surface area (Å²) < 4.78 is 5.93. The topological polar surface area (TPSA) is 71.9 Å². The summed E-state index contributed by atoms with van der Waals surface area (Å²) in [5.41, 5.74) is 10.6. The Balaban J connectivity index is 1.91. The number of nitrogens with two attached hydrogens (primary N) is 1. The van der Waals surface area contributed by atoms with E-state index in [2.05, 4.69) is 50.0 Å². The van der Waals surface area contributed by atoms with Crippen molar-refractivity contribution in [3.63, 3.8) is 0 Å². The lowest BCUT2D eigenvalue weighted by atomic mass is 9.93. The molecule has 0 unspecified atom stereocenters. The molecule has 0 fully saturated rings. The molecular weight excluding hydrogens is 346 g/mol. The molecular formula is C24H27N3O. The molecule has 0 bridgehead atoms. The highest BCUT2D eigenvalue weighted by Crippen LogP contribution is 2.31. The Morgan fingerprint density at radius 2 is 1.96 bits per heavy atom. The maximum absolute atomic E-state index is 9.64. The number of nitrogens with zero attached hydrogens (tertiary/aromatic N) is 2. The number of hydrogen-bond acceptors (Lipinski definition) is 4. The van der Waals surface area contributed by atoms with E-state index >= 15 is 0 Å². The predicted octanol–water partition coefficient (Wildman–Crippen LogP) is 5.22. The van der Waals surface area contributed by atoms with Gasteiger partial charge in [-0.05, 0) is 67.1 Å². The lowest BCUT2D eigenvalue weighted by Gasteiger charge is -2.26. The van der Waals surface area contributed by atoms with Crippen LogP contribution in [0.1, 0.15) is 38.3 Å². The molecule has 28 heavy (non-hydrogen) atoms. The average molecular weight is 374 g/mol. The van der Waals surface area contributed by atoms with E-state index in [1.54, 1.807) is 6.20 Å². The summed E-state index contributed by atoms with van der Waals surface area (Å²) >= 11 is 0. The van der Waals surface area contributed by atoms with E-state index < -0.39 is 5.54 Å². The monoisotopic (exact) mass is 373 g/mol. The number of aryl methyl sites for hydroxylation is 1. The minimum Gasteiger partial charge on any atom is -0.490 e. The lowest BCUT2D eigenvalue weighted by Crippen LogP contribution is -2.43. The van der Waals surface area contributed by atoms with E-state index in [-0.39, 0.29) is 0 Å². The van der Waals surface area contributed by atoms with E-state index in [1.807, 2.05) is 31.2 Å². The van der Waals surface area contributed by atoms with Crippen LogP contribution in [-0.2, 0) is 0 Å². The molecule has 1 heterocycles. The Hall–Kier alpha value is -2.90. The first kappa shape index (κ1) is 19.9. The molecule has 2 aromatic carbocycles. The SMILES string of the molecule is Cc1ccc2c(-c3ccc(OC[C@@](C)(N)CC(C)C)c(C#N)c3)ccnc2c1. The van der Waals surface area contributed by atoms with Gasteiger partial charge in [-0.2, -0.15) is 5.26 Å². The van der Waals surface area contributed by atoms with Crippen LogP contribution in [0.3, 0.4) is 0 Å². The van der Waals surface area contributed by atoms with Crippen molar-refractivity contribution < 1.29 is 4.74 Å². The molecule has 144 valence electrons. The van der Waals surface area contributed by atoms with Crippen molar-refractivity contribution in [2.45, 2.75) is 39.7 Å². The third-order valence-electron chi connectivity index (χ3n) is 4.74. The van der Waals surface area contributed by atoms with Crippen molar-refractivity contribution in [3.8, 4) is 22.9 Å². The fourth-order valence-corrected chi connectivity index (χ4v) is 3.65. The fraction of sp³-hybridized carbons (Fsp3) is 0.333. The first-order chi connectivity index (χ1) is 13.3. The third kappa shape index (κ3) is 4.49. The first-order valence-corrected chi connectivity index (χ1v) is 9.61. The van der Waals surface area contributed by atoms with Gasteiger partial charge in [0.25, 0.3) is 0 Å². The van der Waals surface area contributed by atoms with Crippen LogP contribution in [0.4, 0.5) is 0 Å². The molecule has 0 aliphatic rings. The molecule has 4 heteroatoms. The van der Waals surface area contributed by atoms with Gasteiger partial charge in [0, 0.05) is 17.1 Å². The molecule has 3 aromatic rings. The molecule has 0 amide bonds. The van der Waals surface area contributed by atoms with E-state index in [0.717, 1.165) is 28.5 Å². The van der Waals surface area contributed by atoms with Crippen LogP contribution in [0, 0.1) is 24.2 Å². The quantitative estimate of drug-likeness (QED) is 0.642. The number of benzene rings is 2. The number of hydrogen-bond donors (Lipinski definition) is 1. The van der Waals surface area contributed by atoms with E-state index in [0.29, 0.717) is 23.8 Å². The van der Waals surface area contributed by atoms with Crippen molar-refractivity contribution in [2.75, 3.05) is 6.61 Å². The van der Waals surface area contributed by atoms with Gasteiger partial charge in [0.15, 0.2) is 0 Å². The number of ether oxygens (including phenoxy) is 1. The second kappa shape index (κ2) is 8.00. The van der Waals surface area contributed by atoms with Gasteiger partial charge in [0.1, 0.15) is 18.4 Å². The van der Waals surface area contributed by atoms with Gasteiger partial charge in [-0.3, -0.25) is 4.98 Å². The highest BCUT2D eigenvalue weighted by Gasteiger charge is 2.22. The minimum atomic E-state index is -0.432. The van der Waals surface area contributed by atoms with Crippen molar-refractivity contribution >= 4 is 10.9 Å². The van der Waals surface area contributed by atoms with Gasteiger partial charge in [0.05, 0.1) is 11.1 Å². The van der Waals surface area contributed by atoms with Gasteiger partial charge >= 0.3 is 0 Å². The summed E-state index contributed by atoms with van der Waals surface area (Å²) in [7, 11) is 0. The third-order valence-corrected chi connectivity index (χ3v) is 4.74. The fourth-order valence-electron chi connectivity index (χ4n) is 3.65. The van der Waals surface area contributed by atoms with Gasteiger partial charge in [-0.1, -0.05) is 32.0 Å².